The SMILES string of the molecule is COc1cccc(NC(=O)[C@@H]2CSCN2C(=O)OC(C)(C)C)c1. The van der Waals surface area contributed by atoms with Gasteiger partial charge in [-0.15, -0.1) is 11.8 Å². The minimum atomic E-state index is -0.585. The van der Waals surface area contributed by atoms with Crippen LogP contribution in [0.15, 0.2) is 24.3 Å². The van der Waals surface area contributed by atoms with Crippen molar-refractivity contribution in [3.8, 4) is 5.75 Å². The number of methoxy groups -OCH3 is 1. The van der Waals surface area contributed by atoms with Gasteiger partial charge in [0.15, 0.2) is 0 Å². The van der Waals surface area contributed by atoms with Gasteiger partial charge < -0.3 is 14.8 Å². The summed E-state index contributed by atoms with van der Waals surface area (Å²) in [5.41, 5.74) is 0.0495. The van der Waals surface area contributed by atoms with Gasteiger partial charge in [-0.2, -0.15) is 0 Å². The van der Waals surface area contributed by atoms with E-state index in [1.165, 1.54) is 16.7 Å². The zero-order valence-electron chi connectivity index (χ0n) is 13.8. The molecule has 7 heteroatoms. The number of carbonyl (C=O) groups is 2. The van der Waals surface area contributed by atoms with Crippen LogP contribution in [0, 0.1) is 0 Å². The summed E-state index contributed by atoms with van der Waals surface area (Å²) in [6, 6.07) is 6.57. The fourth-order valence-corrected chi connectivity index (χ4v) is 3.23. The van der Waals surface area contributed by atoms with Crippen molar-refractivity contribution in [2.45, 2.75) is 32.4 Å². The molecule has 1 atom stereocenters. The van der Waals surface area contributed by atoms with Gasteiger partial charge in [-0.1, -0.05) is 6.07 Å². The van der Waals surface area contributed by atoms with Crippen LogP contribution in [0.25, 0.3) is 0 Å². The van der Waals surface area contributed by atoms with E-state index in [0.717, 1.165) is 0 Å². The van der Waals surface area contributed by atoms with Crippen molar-refractivity contribution in [2.24, 2.45) is 0 Å². The molecule has 1 fully saturated rings. The lowest BCUT2D eigenvalue weighted by Gasteiger charge is -2.27. The van der Waals surface area contributed by atoms with E-state index in [2.05, 4.69) is 5.32 Å². The van der Waals surface area contributed by atoms with Crippen molar-refractivity contribution in [2.75, 3.05) is 24.1 Å². The number of nitrogens with zero attached hydrogens (tertiary/aromatic N) is 1. The van der Waals surface area contributed by atoms with Crippen LogP contribution in [0.3, 0.4) is 0 Å². The maximum absolute atomic E-state index is 12.5. The fourth-order valence-electron chi connectivity index (χ4n) is 2.09. The van der Waals surface area contributed by atoms with Crippen LogP contribution in [0.1, 0.15) is 20.8 Å². The topological polar surface area (TPSA) is 67.9 Å². The van der Waals surface area contributed by atoms with Crippen LogP contribution < -0.4 is 10.1 Å². The molecule has 6 nitrogen and oxygen atoms in total. The number of carbonyl (C=O) groups excluding carboxylic acids is 2. The zero-order chi connectivity index (χ0) is 17.0. The Morgan fingerprint density at radius 2 is 2.09 bits per heavy atom. The summed E-state index contributed by atoms with van der Waals surface area (Å²) in [7, 11) is 1.57. The predicted octanol–water partition coefficient (Wildman–Crippen LogP) is 2.94. The molecular weight excluding hydrogens is 316 g/mol. The van der Waals surface area contributed by atoms with Crippen molar-refractivity contribution in [3.05, 3.63) is 24.3 Å². The van der Waals surface area contributed by atoms with Gasteiger partial charge in [-0.3, -0.25) is 9.69 Å². The molecule has 2 rings (SSSR count). The first-order valence-electron chi connectivity index (χ1n) is 7.32. The smallest absolute Gasteiger partial charge is 0.411 e. The summed E-state index contributed by atoms with van der Waals surface area (Å²) < 4.78 is 10.5. The van der Waals surface area contributed by atoms with Gasteiger partial charge in [0.1, 0.15) is 17.4 Å². The van der Waals surface area contributed by atoms with E-state index in [0.29, 0.717) is 23.1 Å². The Labute approximate surface area is 140 Å². The number of hydrogen-bond donors (Lipinski definition) is 1. The average Bonchev–Trinajstić information content (AvgIpc) is 2.95. The van der Waals surface area contributed by atoms with Crippen LogP contribution in [0.5, 0.6) is 5.75 Å². The number of rotatable bonds is 3. The molecule has 0 saturated carbocycles. The maximum Gasteiger partial charge on any atom is 0.411 e. The summed E-state index contributed by atoms with van der Waals surface area (Å²) in [5, 5.41) is 2.82. The molecule has 0 aromatic heterocycles. The van der Waals surface area contributed by atoms with Crippen molar-refractivity contribution in [3.63, 3.8) is 0 Å². The standard InChI is InChI=1S/C16H22N2O4S/c1-16(2,3)22-15(20)18-10-23-9-13(18)14(19)17-11-6-5-7-12(8-11)21-4/h5-8,13H,9-10H2,1-4H3,(H,17,19)/t13-/m0/s1. The minimum absolute atomic E-state index is 0.228. The van der Waals surface area contributed by atoms with E-state index < -0.39 is 17.7 Å². The molecule has 0 bridgehead atoms. The van der Waals surface area contributed by atoms with Gasteiger partial charge in [0.25, 0.3) is 0 Å². The second-order valence-corrected chi connectivity index (χ2v) is 7.19. The van der Waals surface area contributed by atoms with Crippen LogP contribution in [-0.4, -0.2) is 47.3 Å². The molecule has 23 heavy (non-hydrogen) atoms. The summed E-state index contributed by atoms with van der Waals surface area (Å²) in [5.74, 6) is 1.43. The Morgan fingerprint density at radius 3 is 2.74 bits per heavy atom. The van der Waals surface area contributed by atoms with Gasteiger partial charge in [0, 0.05) is 17.5 Å². The quantitative estimate of drug-likeness (QED) is 0.918. The molecule has 1 saturated heterocycles. The number of benzene rings is 1. The van der Waals surface area contributed by atoms with Crippen LogP contribution >= 0.6 is 11.8 Å². The monoisotopic (exact) mass is 338 g/mol. The first kappa shape index (κ1) is 17.5. The summed E-state index contributed by atoms with van der Waals surface area (Å²) in [6.07, 6.45) is -0.465. The molecule has 0 spiro atoms. The van der Waals surface area contributed by atoms with Crippen LogP contribution in [-0.2, 0) is 9.53 Å². The highest BCUT2D eigenvalue weighted by atomic mass is 32.2. The van der Waals surface area contributed by atoms with E-state index in [9.17, 15) is 9.59 Å². The number of anilines is 1. The van der Waals surface area contributed by atoms with Gasteiger partial charge in [0.05, 0.1) is 13.0 Å². The first-order chi connectivity index (χ1) is 10.8. The number of nitrogens with one attached hydrogen (secondary N) is 1. The molecule has 1 aliphatic rings. The third-order valence-electron chi connectivity index (χ3n) is 3.15. The fraction of sp³-hybridized carbons (Fsp3) is 0.500. The van der Waals surface area contributed by atoms with Gasteiger partial charge >= 0.3 is 6.09 Å². The molecule has 0 unspecified atom stereocenters. The highest BCUT2D eigenvalue weighted by molar-refractivity contribution is 7.99. The molecule has 2 amide bonds. The van der Waals surface area contributed by atoms with Crippen molar-refractivity contribution >= 4 is 29.4 Å². The predicted molar refractivity (Wildman–Crippen MR) is 90.8 cm³/mol. The summed E-state index contributed by atoms with van der Waals surface area (Å²) in [4.78, 5) is 26.2. The lowest BCUT2D eigenvalue weighted by atomic mass is 10.2. The van der Waals surface area contributed by atoms with Crippen molar-refractivity contribution in [1.82, 2.24) is 4.90 Å². The number of ether oxygens (including phenoxy) is 2. The van der Waals surface area contributed by atoms with Gasteiger partial charge in [-0.05, 0) is 32.9 Å². The van der Waals surface area contributed by atoms with E-state index in [1.807, 2.05) is 0 Å². The van der Waals surface area contributed by atoms with E-state index >= 15 is 0 Å². The lowest BCUT2D eigenvalue weighted by molar-refractivity contribution is -0.120. The maximum atomic E-state index is 12.5. The highest BCUT2D eigenvalue weighted by Gasteiger charge is 2.37. The molecule has 0 radical (unpaired) electrons. The molecule has 126 valence electrons. The molecule has 0 aliphatic carbocycles. The largest absolute Gasteiger partial charge is 0.497 e. The number of thioether (sulfide) groups is 1. The van der Waals surface area contributed by atoms with E-state index in [1.54, 1.807) is 52.1 Å². The second-order valence-electron chi connectivity index (χ2n) is 6.19. The first-order valence-corrected chi connectivity index (χ1v) is 8.48. The third kappa shape index (κ3) is 4.79. The van der Waals surface area contributed by atoms with Gasteiger partial charge in [-0.25, -0.2) is 4.79 Å². The van der Waals surface area contributed by atoms with Crippen molar-refractivity contribution in [1.29, 1.82) is 0 Å². The number of amides is 2. The Kier molecular flexibility index (Phi) is 5.41. The summed E-state index contributed by atoms with van der Waals surface area (Å²) >= 11 is 1.53. The third-order valence-corrected chi connectivity index (χ3v) is 4.16. The molecule has 1 heterocycles. The average molecular weight is 338 g/mol. The zero-order valence-corrected chi connectivity index (χ0v) is 14.6. The Hall–Kier alpha value is -1.89. The Morgan fingerprint density at radius 1 is 1.35 bits per heavy atom. The Balaban J connectivity index is 2.04. The molecule has 1 N–H and O–H groups in total. The molecule has 1 aromatic carbocycles. The van der Waals surface area contributed by atoms with E-state index in [4.69, 9.17) is 9.47 Å². The van der Waals surface area contributed by atoms with Gasteiger partial charge in [0.2, 0.25) is 5.91 Å². The molecule has 1 aromatic rings. The molecule has 1 aliphatic heterocycles. The second kappa shape index (κ2) is 7.12. The van der Waals surface area contributed by atoms with E-state index in [-0.39, 0.29) is 5.91 Å². The van der Waals surface area contributed by atoms with Crippen LogP contribution in [0.4, 0.5) is 10.5 Å². The Bertz CT molecular complexity index is 586. The normalized spacial score (nSPS) is 17.7. The minimum Gasteiger partial charge on any atom is -0.497 e. The van der Waals surface area contributed by atoms with Crippen LogP contribution in [0.2, 0.25) is 0 Å². The lowest BCUT2D eigenvalue weighted by Crippen LogP contribution is -2.46. The highest BCUT2D eigenvalue weighted by Crippen LogP contribution is 2.25. The number of hydrogen-bond acceptors (Lipinski definition) is 5. The summed E-state index contributed by atoms with van der Waals surface area (Å²) in [6.45, 7) is 5.41. The molecular formula is C16H22N2O4S. The van der Waals surface area contributed by atoms with Crippen molar-refractivity contribution < 1.29 is 19.1 Å².